The van der Waals surface area contributed by atoms with Crippen molar-refractivity contribution < 1.29 is 23.5 Å². The Morgan fingerprint density at radius 2 is 1.79 bits per heavy atom. The van der Waals surface area contributed by atoms with Crippen LogP contribution in [0.25, 0.3) is 11.3 Å². The van der Waals surface area contributed by atoms with Crippen LogP contribution >= 0.6 is 0 Å². The molecule has 0 saturated heterocycles. The van der Waals surface area contributed by atoms with Crippen molar-refractivity contribution in [1.29, 1.82) is 0 Å². The Morgan fingerprint density at radius 1 is 1.08 bits per heavy atom. The Hall–Kier alpha value is -4.50. The lowest BCUT2D eigenvalue weighted by Gasteiger charge is -2.26. The number of amides is 2. The summed E-state index contributed by atoms with van der Waals surface area (Å²) < 4.78 is 18.7. The average molecular weight is 517 g/mol. The van der Waals surface area contributed by atoms with Gasteiger partial charge in [-0.1, -0.05) is 18.2 Å². The fourth-order valence-electron chi connectivity index (χ4n) is 4.21. The van der Waals surface area contributed by atoms with Crippen LogP contribution in [-0.4, -0.2) is 37.5 Å². The van der Waals surface area contributed by atoms with Crippen molar-refractivity contribution in [1.82, 2.24) is 0 Å². The zero-order valence-corrected chi connectivity index (χ0v) is 21.6. The Morgan fingerprint density at radius 3 is 2.45 bits per heavy atom. The van der Waals surface area contributed by atoms with Crippen molar-refractivity contribution in [2.24, 2.45) is 5.73 Å². The number of hydrogen-bond acceptors (Lipinski definition) is 6. The second-order valence-electron chi connectivity index (χ2n) is 9.61. The van der Waals surface area contributed by atoms with E-state index in [4.69, 9.17) is 10.5 Å². The first-order valence-corrected chi connectivity index (χ1v) is 11.9. The molecular weight excluding hydrogens is 487 g/mol. The van der Waals surface area contributed by atoms with E-state index in [0.717, 1.165) is 0 Å². The molecule has 0 bridgehead atoms. The molecule has 1 aliphatic heterocycles. The van der Waals surface area contributed by atoms with Gasteiger partial charge in [0, 0.05) is 24.0 Å². The maximum Gasteiger partial charge on any atom is 0.309 e. The lowest BCUT2D eigenvalue weighted by Crippen LogP contribution is -2.49. The molecule has 0 aliphatic carbocycles. The second-order valence-corrected chi connectivity index (χ2v) is 9.61. The van der Waals surface area contributed by atoms with Gasteiger partial charge in [-0.15, -0.1) is 0 Å². The molecule has 8 nitrogen and oxygen atoms in total. The van der Waals surface area contributed by atoms with Crippen LogP contribution in [0.15, 0.2) is 66.7 Å². The Balaban J connectivity index is 1.77. The molecule has 9 heteroatoms. The standard InChI is InChI=1S/C29H29FN4O4/c1-29(2,31)28(37)34(3)21-11-9-20(10-12-21)32-26(18-7-5-6-17(14-18)15-24(35)38-4)25-22-13-8-19(30)16-23(22)33-27(25)36/h5-14,16,32H,15,31H2,1-4H3,(H,33,36)/b26-25-. The van der Waals surface area contributed by atoms with Gasteiger partial charge in [-0.05, 0) is 73.5 Å². The summed E-state index contributed by atoms with van der Waals surface area (Å²) in [5.41, 5.74) is 9.29. The fourth-order valence-corrected chi connectivity index (χ4v) is 4.21. The topological polar surface area (TPSA) is 114 Å². The molecule has 4 rings (SSSR count). The molecule has 0 unspecified atom stereocenters. The van der Waals surface area contributed by atoms with E-state index in [0.29, 0.717) is 45.0 Å². The number of fused-ring (bicyclic) bond motifs is 1. The van der Waals surface area contributed by atoms with Gasteiger partial charge in [-0.3, -0.25) is 14.4 Å². The highest BCUT2D eigenvalue weighted by Crippen LogP contribution is 2.38. The first-order valence-electron chi connectivity index (χ1n) is 11.9. The first-order chi connectivity index (χ1) is 18.0. The third kappa shape index (κ3) is 5.57. The predicted molar refractivity (Wildman–Crippen MR) is 146 cm³/mol. The molecular formula is C29H29FN4O4. The van der Waals surface area contributed by atoms with Crippen LogP contribution < -0.4 is 21.3 Å². The largest absolute Gasteiger partial charge is 0.469 e. The maximum atomic E-state index is 13.9. The number of methoxy groups -OCH3 is 1. The summed E-state index contributed by atoms with van der Waals surface area (Å²) in [6.45, 7) is 3.29. The van der Waals surface area contributed by atoms with E-state index in [-0.39, 0.29) is 12.3 Å². The molecule has 0 spiro atoms. The SMILES string of the molecule is COC(=O)Cc1cccc(/C(Nc2ccc(N(C)C(=O)C(C)(C)N)cc2)=C2/C(=O)Nc3cc(F)ccc32)c1. The molecule has 3 aromatic rings. The maximum absolute atomic E-state index is 13.9. The summed E-state index contributed by atoms with van der Waals surface area (Å²) >= 11 is 0. The number of benzene rings is 3. The molecule has 4 N–H and O–H groups in total. The minimum absolute atomic E-state index is 0.0630. The Kier molecular flexibility index (Phi) is 7.32. The molecule has 0 fully saturated rings. The Labute approximate surface area is 220 Å². The minimum atomic E-state index is -1.03. The normalized spacial score (nSPS) is 13.9. The molecule has 1 aliphatic rings. The quantitative estimate of drug-likeness (QED) is 0.321. The minimum Gasteiger partial charge on any atom is -0.469 e. The number of ether oxygens (including phenoxy) is 1. The molecule has 3 aromatic carbocycles. The van der Waals surface area contributed by atoms with E-state index in [9.17, 15) is 18.8 Å². The zero-order valence-electron chi connectivity index (χ0n) is 21.6. The van der Waals surface area contributed by atoms with Gasteiger partial charge >= 0.3 is 5.97 Å². The van der Waals surface area contributed by atoms with Crippen molar-refractivity contribution in [2.75, 3.05) is 29.7 Å². The van der Waals surface area contributed by atoms with Gasteiger partial charge in [0.2, 0.25) is 5.91 Å². The number of rotatable bonds is 7. The van der Waals surface area contributed by atoms with Crippen LogP contribution in [0.3, 0.4) is 0 Å². The number of halogens is 1. The van der Waals surface area contributed by atoms with Crippen LogP contribution in [0.5, 0.6) is 0 Å². The van der Waals surface area contributed by atoms with Crippen molar-refractivity contribution in [3.8, 4) is 0 Å². The molecule has 38 heavy (non-hydrogen) atoms. The predicted octanol–water partition coefficient (Wildman–Crippen LogP) is 4.17. The van der Waals surface area contributed by atoms with E-state index >= 15 is 0 Å². The fraction of sp³-hybridized carbons (Fsp3) is 0.207. The van der Waals surface area contributed by atoms with Gasteiger partial charge in [0.25, 0.3) is 5.91 Å². The highest BCUT2D eigenvalue weighted by Gasteiger charge is 2.29. The number of carbonyl (C=O) groups is 3. The number of nitrogens with two attached hydrogens (primary N) is 1. The van der Waals surface area contributed by atoms with Gasteiger partial charge < -0.3 is 26.0 Å². The third-order valence-electron chi connectivity index (χ3n) is 6.15. The highest BCUT2D eigenvalue weighted by atomic mass is 19.1. The number of hydrogen-bond donors (Lipinski definition) is 3. The molecule has 2 amide bonds. The summed E-state index contributed by atoms with van der Waals surface area (Å²) in [7, 11) is 2.97. The molecule has 1 heterocycles. The number of anilines is 3. The smallest absolute Gasteiger partial charge is 0.309 e. The van der Waals surface area contributed by atoms with E-state index < -0.39 is 23.2 Å². The van der Waals surface area contributed by atoms with E-state index in [1.54, 1.807) is 69.4 Å². The van der Waals surface area contributed by atoms with Crippen molar-refractivity contribution in [2.45, 2.75) is 25.8 Å². The van der Waals surface area contributed by atoms with Crippen LogP contribution in [-0.2, 0) is 25.5 Å². The van der Waals surface area contributed by atoms with E-state index in [1.165, 1.54) is 24.1 Å². The number of carbonyl (C=O) groups excluding carboxylic acids is 3. The van der Waals surface area contributed by atoms with Crippen LogP contribution in [0.1, 0.15) is 30.5 Å². The third-order valence-corrected chi connectivity index (χ3v) is 6.15. The summed E-state index contributed by atoms with van der Waals surface area (Å²) in [6, 6.07) is 18.4. The zero-order chi connectivity index (χ0) is 27.6. The van der Waals surface area contributed by atoms with Crippen molar-refractivity contribution in [3.05, 3.63) is 89.2 Å². The molecule has 0 radical (unpaired) electrons. The monoisotopic (exact) mass is 516 g/mol. The summed E-state index contributed by atoms with van der Waals surface area (Å²) in [5, 5.41) is 6.05. The molecule has 0 saturated carbocycles. The number of nitrogens with one attached hydrogen (secondary N) is 2. The first kappa shape index (κ1) is 26.6. The lowest BCUT2D eigenvalue weighted by atomic mass is 9.98. The average Bonchev–Trinajstić information content (AvgIpc) is 3.20. The lowest BCUT2D eigenvalue weighted by molar-refractivity contribution is -0.139. The van der Waals surface area contributed by atoms with Crippen LogP contribution in [0.4, 0.5) is 21.5 Å². The van der Waals surface area contributed by atoms with Gasteiger partial charge in [-0.2, -0.15) is 0 Å². The Bertz CT molecular complexity index is 1440. The molecule has 0 atom stereocenters. The van der Waals surface area contributed by atoms with E-state index in [1.807, 2.05) is 6.07 Å². The molecule has 196 valence electrons. The van der Waals surface area contributed by atoms with Gasteiger partial charge in [0.15, 0.2) is 0 Å². The second kappa shape index (κ2) is 10.5. The van der Waals surface area contributed by atoms with E-state index in [2.05, 4.69) is 10.6 Å². The van der Waals surface area contributed by atoms with Gasteiger partial charge in [0.05, 0.1) is 36.0 Å². The van der Waals surface area contributed by atoms with Crippen molar-refractivity contribution >= 4 is 46.1 Å². The highest BCUT2D eigenvalue weighted by molar-refractivity contribution is 6.37. The van der Waals surface area contributed by atoms with Crippen LogP contribution in [0, 0.1) is 5.82 Å². The number of esters is 1. The molecule has 0 aromatic heterocycles. The number of nitrogens with zero attached hydrogens (tertiary/aromatic N) is 1. The summed E-state index contributed by atoms with van der Waals surface area (Å²) in [6.07, 6.45) is 0.0630. The van der Waals surface area contributed by atoms with Gasteiger partial charge in [0.1, 0.15) is 5.82 Å². The van der Waals surface area contributed by atoms with Gasteiger partial charge in [-0.25, -0.2) is 4.39 Å². The summed E-state index contributed by atoms with van der Waals surface area (Å²) in [5.74, 6) is -1.48. The van der Waals surface area contributed by atoms with Crippen molar-refractivity contribution in [3.63, 3.8) is 0 Å². The summed E-state index contributed by atoms with van der Waals surface area (Å²) in [4.78, 5) is 39.0. The number of likely N-dealkylation sites (N-methyl/N-ethyl adjacent to an activating group) is 1. The van der Waals surface area contributed by atoms with Crippen LogP contribution in [0.2, 0.25) is 0 Å².